The van der Waals surface area contributed by atoms with Crippen LogP contribution in [0.4, 0.5) is 5.69 Å². The molecule has 2 aliphatic rings. The third-order valence-corrected chi connectivity index (χ3v) is 6.03. The lowest BCUT2D eigenvalue weighted by Crippen LogP contribution is -2.56. The number of anilines is 1. The molecule has 3 atom stereocenters. The van der Waals surface area contributed by atoms with Crippen LogP contribution in [0.2, 0.25) is 0 Å². The summed E-state index contributed by atoms with van der Waals surface area (Å²) in [6.45, 7) is 9.32. The van der Waals surface area contributed by atoms with Crippen molar-refractivity contribution >= 4 is 23.3 Å². The van der Waals surface area contributed by atoms with Crippen molar-refractivity contribution in [3.8, 4) is 0 Å². The minimum atomic E-state index is -0.720. The molecule has 0 bridgehead atoms. The summed E-state index contributed by atoms with van der Waals surface area (Å²) < 4.78 is 10.7. The summed E-state index contributed by atoms with van der Waals surface area (Å²) in [5.74, 6) is -0.607. The standard InChI is InChI=1S/C24H35N3O5/c1-4-17-14-32-15-21(28)22(17)26-24(30)20(12-16(2)3)25-23(29)18-6-5-7-19(13-18)27-8-10-31-11-9-27/h5-7,13,16-17,20,22H,4,8-12,14-15H2,1-3H3,(H,25,29)(H,26,30)/t17-,20+,22+/m1/s1. The number of ether oxygens (including phenoxy) is 2. The molecule has 32 heavy (non-hydrogen) atoms. The lowest BCUT2D eigenvalue weighted by atomic mass is 9.91. The van der Waals surface area contributed by atoms with Gasteiger partial charge in [-0.15, -0.1) is 0 Å². The van der Waals surface area contributed by atoms with E-state index in [9.17, 15) is 14.4 Å². The molecule has 0 unspecified atom stereocenters. The zero-order valence-corrected chi connectivity index (χ0v) is 19.3. The van der Waals surface area contributed by atoms with Gasteiger partial charge in [-0.3, -0.25) is 14.4 Å². The number of benzene rings is 1. The first kappa shape index (κ1) is 24.2. The average Bonchev–Trinajstić information content (AvgIpc) is 2.80. The molecule has 2 amide bonds. The van der Waals surface area contributed by atoms with E-state index in [0.29, 0.717) is 31.8 Å². The first-order chi connectivity index (χ1) is 15.4. The largest absolute Gasteiger partial charge is 0.378 e. The third-order valence-electron chi connectivity index (χ3n) is 6.03. The Bertz CT molecular complexity index is 807. The molecule has 176 valence electrons. The van der Waals surface area contributed by atoms with Gasteiger partial charge in [0.2, 0.25) is 5.91 Å². The highest BCUT2D eigenvalue weighted by molar-refractivity contribution is 5.99. The molecule has 8 heteroatoms. The van der Waals surface area contributed by atoms with Crippen LogP contribution < -0.4 is 15.5 Å². The Kier molecular flexibility index (Phi) is 8.64. The predicted molar refractivity (Wildman–Crippen MR) is 122 cm³/mol. The normalized spacial score (nSPS) is 22.5. The number of nitrogens with one attached hydrogen (secondary N) is 2. The van der Waals surface area contributed by atoms with Gasteiger partial charge in [0.15, 0.2) is 5.78 Å². The smallest absolute Gasteiger partial charge is 0.252 e. The first-order valence-electron chi connectivity index (χ1n) is 11.5. The summed E-state index contributed by atoms with van der Waals surface area (Å²) in [5, 5.41) is 5.78. The van der Waals surface area contributed by atoms with Crippen LogP contribution in [-0.4, -0.2) is 69.2 Å². The van der Waals surface area contributed by atoms with Crippen molar-refractivity contribution < 1.29 is 23.9 Å². The second-order valence-corrected chi connectivity index (χ2v) is 8.94. The summed E-state index contributed by atoms with van der Waals surface area (Å²) >= 11 is 0. The van der Waals surface area contributed by atoms with Gasteiger partial charge < -0.3 is 25.0 Å². The van der Waals surface area contributed by atoms with Crippen molar-refractivity contribution in [3.63, 3.8) is 0 Å². The monoisotopic (exact) mass is 445 g/mol. The molecular weight excluding hydrogens is 410 g/mol. The summed E-state index contributed by atoms with van der Waals surface area (Å²) in [5.41, 5.74) is 1.47. The van der Waals surface area contributed by atoms with Gasteiger partial charge >= 0.3 is 0 Å². The Balaban J connectivity index is 1.70. The number of rotatable bonds is 8. The quantitative estimate of drug-likeness (QED) is 0.633. The summed E-state index contributed by atoms with van der Waals surface area (Å²) in [6.07, 6.45) is 1.21. The van der Waals surface area contributed by atoms with Gasteiger partial charge in [0.25, 0.3) is 5.91 Å². The topological polar surface area (TPSA) is 97.0 Å². The van der Waals surface area contributed by atoms with Crippen molar-refractivity contribution in [2.45, 2.75) is 45.7 Å². The van der Waals surface area contributed by atoms with E-state index >= 15 is 0 Å². The molecule has 0 radical (unpaired) electrons. The summed E-state index contributed by atoms with van der Waals surface area (Å²) in [6, 6.07) is 6.13. The number of nitrogens with zero attached hydrogens (tertiary/aromatic N) is 1. The zero-order valence-electron chi connectivity index (χ0n) is 19.3. The van der Waals surface area contributed by atoms with E-state index < -0.39 is 12.1 Å². The first-order valence-corrected chi connectivity index (χ1v) is 11.5. The van der Waals surface area contributed by atoms with E-state index in [2.05, 4.69) is 15.5 Å². The Hall–Kier alpha value is -2.45. The molecule has 0 aromatic heterocycles. The second kappa shape index (κ2) is 11.4. The van der Waals surface area contributed by atoms with E-state index in [1.807, 2.05) is 39.0 Å². The average molecular weight is 446 g/mol. The third kappa shape index (κ3) is 6.29. The van der Waals surface area contributed by atoms with Crippen molar-refractivity contribution in [2.75, 3.05) is 44.4 Å². The van der Waals surface area contributed by atoms with E-state index in [4.69, 9.17) is 9.47 Å². The Morgan fingerprint density at radius 2 is 1.94 bits per heavy atom. The van der Waals surface area contributed by atoms with Gasteiger partial charge in [0.1, 0.15) is 12.6 Å². The lowest BCUT2D eigenvalue weighted by Gasteiger charge is -2.32. The fourth-order valence-corrected chi connectivity index (χ4v) is 4.18. The van der Waals surface area contributed by atoms with Gasteiger partial charge in [0.05, 0.1) is 25.9 Å². The van der Waals surface area contributed by atoms with Crippen LogP contribution >= 0.6 is 0 Å². The van der Waals surface area contributed by atoms with Crippen LogP contribution in [0.3, 0.4) is 0 Å². The Labute approximate surface area is 190 Å². The molecule has 1 aromatic rings. The lowest BCUT2D eigenvalue weighted by molar-refractivity contribution is -0.138. The minimum absolute atomic E-state index is 0.0109. The van der Waals surface area contributed by atoms with Crippen molar-refractivity contribution in [2.24, 2.45) is 11.8 Å². The summed E-state index contributed by atoms with van der Waals surface area (Å²) in [4.78, 5) is 40.6. The van der Waals surface area contributed by atoms with E-state index in [1.54, 1.807) is 6.07 Å². The van der Waals surface area contributed by atoms with Gasteiger partial charge in [-0.2, -0.15) is 0 Å². The van der Waals surface area contributed by atoms with Crippen LogP contribution in [0, 0.1) is 11.8 Å². The number of hydrogen-bond acceptors (Lipinski definition) is 6. The number of ketones is 1. The van der Waals surface area contributed by atoms with Crippen LogP contribution in [0.25, 0.3) is 0 Å². The molecule has 2 heterocycles. The predicted octanol–water partition coefficient (Wildman–Crippen LogP) is 1.78. The molecule has 2 fully saturated rings. The number of amides is 2. The fraction of sp³-hybridized carbons (Fsp3) is 0.625. The summed E-state index contributed by atoms with van der Waals surface area (Å²) in [7, 11) is 0. The van der Waals surface area contributed by atoms with E-state index in [-0.39, 0.29) is 36.0 Å². The number of Topliss-reactive ketones (excluding diaryl/α,β-unsaturated/α-hetero) is 1. The Morgan fingerprint density at radius 1 is 1.19 bits per heavy atom. The maximum absolute atomic E-state index is 13.1. The number of carbonyl (C=O) groups excluding carboxylic acids is 3. The van der Waals surface area contributed by atoms with Crippen molar-refractivity contribution in [3.05, 3.63) is 29.8 Å². The van der Waals surface area contributed by atoms with Gasteiger partial charge in [-0.1, -0.05) is 26.8 Å². The van der Waals surface area contributed by atoms with E-state index in [1.165, 1.54) is 0 Å². The number of carbonyl (C=O) groups is 3. The van der Waals surface area contributed by atoms with Crippen LogP contribution in [-0.2, 0) is 19.1 Å². The number of morpholine rings is 1. The van der Waals surface area contributed by atoms with Gasteiger partial charge in [0, 0.05) is 30.3 Å². The van der Waals surface area contributed by atoms with Crippen LogP contribution in [0.15, 0.2) is 24.3 Å². The van der Waals surface area contributed by atoms with E-state index in [0.717, 1.165) is 25.2 Å². The van der Waals surface area contributed by atoms with Crippen LogP contribution in [0.5, 0.6) is 0 Å². The maximum Gasteiger partial charge on any atom is 0.252 e. The molecule has 2 saturated heterocycles. The fourth-order valence-electron chi connectivity index (χ4n) is 4.18. The molecule has 8 nitrogen and oxygen atoms in total. The minimum Gasteiger partial charge on any atom is -0.378 e. The SMILES string of the molecule is CC[C@@H]1COCC(=O)[C@H]1NC(=O)[C@H](CC(C)C)NC(=O)c1cccc(N2CCOCC2)c1. The van der Waals surface area contributed by atoms with Gasteiger partial charge in [-0.05, 0) is 37.0 Å². The molecule has 2 N–H and O–H groups in total. The molecule has 2 aliphatic heterocycles. The highest BCUT2D eigenvalue weighted by Crippen LogP contribution is 2.19. The molecule has 0 aliphatic carbocycles. The molecule has 1 aromatic carbocycles. The molecule has 0 spiro atoms. The molecule has 0 saturated carbocycles. The van der Waals surface area contributed by atoms with Crippen LogP contribution in [0.1, 0.15) is 44.0 Å². The maximum atomic E-state index is 13.1. The molecule has 3 rings (SSSR count). The van der Waals surface area contributed by atoms with Crippen molar-refractivity contribution in [1.29, 1.82) is 0 Å². The second-order valence-electron chi connectivity index (χ2n) is 8.94. The molecular formula is C24H35N3O5. The number of hydrogen-bond donors (Lipinski definition) is 2. The highest BCUT2D eigenvalue weighted by atomic mass is 16.5. The zero-order chi connectivity index (χ0) is 23.1. The van der Waals surface area contributed by atoms with Crippen molar-refractivity contribution in [1.82, 2.24) is 10.6 Å². The van der Waals surface area contributed by atoms with Gasteiger partial charge in [-0.25, -0.2) is 0 Å². The highest BCUT2D eigenvalue weighted by Gasteiger charge is 2.34. The Morgan fingerprint density at radius 3 is 2.62 bits per heavy atom.